The number of fused-ring (bicyclic) bond motifs is 3. The maximum absolute atomic E-state index is 13.6. The molecule has 4 atom stereocenters. The van der Waals surface area contributed by atoms with E-state index in [1.165, 1.54) is 17.9 Å². The topological polar surface area (TPSA) is 74.8 Å². The Morgan fingerprint density at radius 2 is 1.66 bits per heavy atom. The number of hydrogen-bond acceptors (Lipinski definition) is 5. The van der Waals surface area contributed by atoms with Gasteiger partial charge in [0.15, 0.2) is 11.6 Å². The Labute approximate surface area is 195 Å². The summed E-state index contributed by atoms with van der Waals surface area (Å²) in [5.74, 6) is -2.36. The molecule has 4 unspecified atom stereocenters. The number of amides is 2. The zero-order valence-electron chi connectivity index (χ0n) is 17.3. The molecule has 0 spiro atoms. The highest BCUT2D eigenvalue weighted by Gasteiger charge is 2.64. The lowest BCUT2D eigenvalue weighted by molar-refractivity contribution is -0.123. The molecule has 6 nitrogen and oxygen atoms in total. The number of rotatable bonds is 4. The fourth-order valence-electron chi connectivity index (χ4n) is 5.46. The average Bonchev–Trinajstić information content (AvgIpc) is 3.39. The SMILES string of the molecule is CC(=O)c1ccc(N2C(=O)C3C(C2=O)C(C(=O)c2ccc(Cl)cc2Cl)N2CCCC32)cc1. The summed E-state index contributed by atoms with van der Waals surface area (Å²) in [6, 6.07) is 10.2. The van der Waals surface area contributed by atoms with E-state index in [0.29, 0.717) is 28.4 Å². The molecule has 3 saturated heterocycles. The third-order valence-electron chi connectivity index (χ3n) is 6.85. The fourth-order valence-corrected chi connectivity index (χ4v) is 5.97. The van der Waals surface area contributed by atoms with Crippen LogP contribution in [0.2, 0.25) is 10.0 Å². The number of halogens is 2. The number of Topliss-reactive ketones (excluding diaryl/α,β-unsaturated/α-hetero) is 2. The van der Waals surface area contributed by atoms with Gasteiger partial charge in [-0.05, 0) is 68.8 Å². The number of nitrogens with zero attached hydrogens (tertiary/aromatic N) is 2. The zero-order valence-corrected chi connectivity index (χ0v) is 18.8. The van der Waals surface area contributed by atoms with E-state index in [1.807, 2.05) is 4.90 Å². The van der Waals surface area contributed by atoms with E-state index in [0.717, 1.165) is 12.8 Å². The van der Waals surface area contributed by atoms with Gasteiger partial charge < -0.3 is 0 Å². The Balaban J connectivity index is 1.53. The first-order valence-corrected chi connectivity index (χ1v) is 11.3. The minimum absolute atomic E-state index is 0.0976. The predicted molar refractivity (Wildman–Crippen MR) is 120 cm³/mol. The Hall–Kier alpha value is -2.54. The molecular formula is C24H20Cl2N2O4. The van der Waals surface area contributed by atoms with Crippen LogP contribution in [0.25, 0.3) is 0 Å². The lowest BCUT2D eigenvalue weighted by atomic mass is 9.85. The maximum Gasteiger partial charge on any atom is 0.239 e. The first-order chi connectivity index (χ1) is 15.3. The minimum atomic E-state index is -0.764. The van der Waals surface area contributed by atoms with Gasteiger partial charge in [-0.25, -0.2) is 4.90 Å². The minimum Gasteiger partial charge on any atom is -0.295 e. The van der Waals surface area contributed by atoms with Crippen molar-refractivity contribution in [1.82, 2.24) is 4.90 Å². The van der Waals surface area contributed by atoms with Crippen LogP contribution in [0.5, 0.6) is 0 Å². The van der Waals surface area contributed by atoms with Crippen LogP contribution in [-0.4, -0.2) is 46.9 Å². The second-order valence-corrected chi connectivity index (χ2v) is 9.39. The summed E-state index contributed by atoms with van der Waals surface area (Å²) in [6.07, 6.45) is 1.62. The number of carbonyl (C=O) groups excluding carboxylic acids is 4. The van der Waals surface area contributed by atoms with Crippen molar-refractivity contribution in [2.24, 2.45) is 11.8 Å². The second-order valence-electron chi connectivity index (χ2n) is 8.55. The highest BCUT2D eigenvalue weighted by atomic mass is 35.5. The van der Waals surface area contributed by atoms with Crippen LogP contribution in [0.3, 0.4) is 0 Å². The average molecular weight is 471 g/mol. The number of benzene rings is 2. The highest BCUT2D eigenvalue weighted by Crippen LogP contribution is 2.48. The first-order valence-electron chi connectivity index (χ1n) is 10.5. The maximum atomic E-state index is 13.6. The molecule has 2 amide bonds. The van der Waals surface area contributed by atoms with Crippen molar-refractivity contribution in [2.75, 3.05) is 11.4 Å². The van der Waals surface area contributed by atoms with Crippen molar-refractivity contribution >= 4 is 52.3 Å². The number of ketones is 2. The summed E-state index contributed by atoms with van der Waals surface area (Å²) in [5.41, 5.74) is 1.22. The van der Waals surface area contributed by atoms with E-state index in [2.05, 4.69) is 0 Å². The molecule has 0 aromatic heterocycles. The fraction of sp³-hybridized carbons (Fsp3) is 0.333. The normalized spacial score (nSPS) is 27.0. The third kappa shape index (κ3) is 3.12. The molecule has 32 heavy (non-hydrogen) atoms. The summed E-state index contributed by atoms with van der Waals surface area (Å²) < 4.78 is 0. The predicted octanol–water partition coefficient (Wildman–Crippen LogP) is 4.03. The van der Waals surface area contributed by atoms with Crippen molar-refractivity contribution < 1.29 is 19.2 Å². The molecule has 3 heterocycles. The van der Waals surface area contributed by atoms with E-state index in [-0.39, 0.29) is 34.4 Å². The van der Waals surface area contributed by atoms with Crippen LogP contribution < -0.4 is 4.90 Å². The number of hydrogen-bond donors (Lipinski definition) is 0. The smallest absolute Gasteiger partial charge is 0.239 e. The summed E-state index contributed by atoms with van der Waals surface area (Å²) in [7, 11) is 0. The summed E-state index contributed by atoms with van der Waals surface area (Å²) in [4.78, 5) is 55.3. The van der Waals surface area contributed by atoms with Gasteiger partial charge in [0.25, 0.3) is 0 Å². The van der Waals surface area contributed by atoms with Gasteiger partial charge in [0.2, 0.25) is 11.8 Å². The summed E-state index contributed by atoms with van der Waals surface area (Å²) in [6.45, 7) is 2.12. The van der Waals surface area contributed by atoms with Crippen LogP contribution in [0, 0.1) is 11.8 Å². The van der Waals surface area contributed by atoms with Gasteiger partial charge in [-0.1, -0.05) is 23.2 Å². The Kier molecular flexibility index (Phi) is 5.19. The van der Waals surface area contributed by atoms with Gasteiger partial charge >= 0.3 is 0 Å². The van der Waals surface area contributed by atoms with Gasteiger partial charge in [0.05, 0.1) is 28.6 Å². The van der Waals surface area contributed by atoms with Crippen LogP contribution in [0.1, 0.15) is 40.5 Å². The van der Waals surface area contributed by atoms with Crippen molar-refractivity contribution in [2.45, 2.75) is 31.8 Å². The molecule has 0 bridgehead atoms. The molecule has 3 fully saturated rings. The van der Waals surface area contributed by atoms with Crippen LogP contribution in [0.4, 0.5) is 5.69 Å². The first kappa shape index (κ1) is 21.3. The quantitative estimate of drug-likeness (QED) is 0.497. The standard InChI is InChI=1S/C24H20Cl2N2O4/c1-12(29)13-4-7-15(8-5-13)28-23(31)19-18-3-2-10-27(18)21(20(19)24(28)32)22(30)16-9-6-14(25)11-17(16)26/h4-9,11,18-21H,2-3,10H2,1H3. The molecule has 0 radical (unpaired) electrons. The third-order valence-corrected chi connectivity index (χ3v) is 7.40. The van der Waals surface area contributed by atoms with Gasteiger partial charge in [0.1, 0.15) is 0 Å². The van der Waals surface area contributed by atoms with Gasteiger partial charge in [-0.2, -0.15) is 0 Å². The Morgan fingerprint density at radius 3 is 2.31 bits per heavy atom. The lowest BCUT2D eigenvalue weighted by Crippen LogP contribution is -2.46. The van der Waals surface area contributed by atoms with E-state index in [1.54, 1.807) is 36.4 Å². The summed E-state index contributed by atoms with van der Waals surface area (Å²) in [5, 5.41) is 0.650. The molecule has 0 N–H and O–H groups in total. The Bertz CT molecular complexity index is 1160. The largest absolute Gasteiger partial charge is 0.295 e. The van der Waals surface area contributed by atoms with Crippen molar-refractivity contribution in [3.05, 3.63) is 63.6 Å². The monoisotopic (exact) mass is 470 g/mol. The molecule has 2 aromatic carbocycles. The van der Waals surface area contributed by atoms with E-state index < -0.39 is 17.9 Å². The van der Waals surface area contributed by atoms with Crippen molar-refractivity contribution in [1.29, 1.82) is 0 Å². The molecule has 164 valence electrons. The van der Waals surface area contributed by atoms with Gasteiger partial charge in [0, 0.05) is 22.2 Å². The molecule has 3 aliphatic rings. The molecule has 5 rings (SSSR count). The number of anilines is 1. The molecule has 0 saturated carbocycles. The van der Waals surface area contributed by atoms with Crippen LogP contribution >= 0.6 is 23.2 Å². The molecule has 3 aliphatic heterocycles. The number of imide groups is 1. The van der Waals surface area contributed by atoms with E-state index >= 15 is 0 Å². The lowest BCUT2D eigenvalue weighted by Gasteiger charge is -2.27. The highest BCUT2D eigenvalue weighted by molar-refractivity contribution is 6.37. The zero-order chi connectivity index (χ0) is 22.7. The summed E-state index contributed by atoms with van der Waals surface area (Å²) >= 11 is 12.3. The molecular weight excluding hydrogens is 451 g/mol. The van der Waals surface area contributed by atoms with E-state index in [9.17, 15) is 19.2 Å². The van der Waals surface area contributed by atoms with E-state index in [4.69, 9.17) is 23.2 Å². The van der Waals surface area contributed by atoms with Gasteiger partial charge in [-0.3, -0.25) is 24.1 Å². The molecule has 8 heteroatoms. The van der Waals surface area contributed by atoms with Crippen LogP contribution in [0.15, 0.2) is 42.5 Å². The van der Waals surface area contributed by atoms with Gasteiger partial charge in [-0.15, -0.1) is 0 Å². The van der Waals surface area contributed by atoms with Crippen molar-refractivity contribution in [3.8, 4) is 0 Å². The molecule has 0 aliphatic carbocycles. The molecule has 2 aromatic rings. The number of carbonyl (C=O) groups is 4. The Morgan fingerprint density at radius 1 is 0.969 bits per heavy atom. The second kappa shape index (κ2) is 7.80. The van der Waals surface area contributed by atoms with Crippen LogP contribution in [-0.2, 0) is 9.59 Å². The van der Waals surface area contributed by atoms with Crippen molar-refractivity contribution in [3.63, 3.8) is 0 Å².